The van der Waals surface area contributed by atoms with E-state index >= 15 is 0 Å². The topological polar surface area (TPSA) is 15.3 Å². The molecule has 3 unspecified atom stereocenters. The maximum atomic E-state index is 3.52. The summed E-state index contributed by atoms with van der Waals surface area (Å²) in [7, 11) is 4.42. The summed E-state index contributed by atoms with van der Waals surface area (Å²) >= 11 is 0. The van der Waals surface area contributed by atoms with Crippen molar-refractivity contribution in [1.29, 1.82) is 0 Å². The van der Waals surface area contributed by atoms with Gasteiger partial charge in [0.1, 0.15) is 0 Å². The Hall–Kier alpha value is -0.0800. The van der Waals surface area contributed by atoms with Gasteiger partial charge in [0.25, 0.3) is 0 Å². The molecule has 2 heteroatoms. The zero-order chi connectivity index (χ0) is 13.1. The van der Waals surface area contributed by atoms with Crippen LogP contribution < -0.4 is 5.32 Å². The van der Waals surface area contributed by atoms with E-state index in [-0.39, 0.29) is 0 Å². The molecule has 3 atom stereocenters. The SMILES string of the molecule is CCCN(C)C1CC(C(C)(C)C)CCC1NC. The van der Waals surface area contributed by atoms with E-state index in [4.69, 9.17) is 0 Å². The molecule has 0 aromatic rings. The van der Waals surface area contributed by atoms with Crippen LogP contribution in [-0.4, -0.2) is 37.6 Å². The molecule has 1 aliphatic rings. The molecular weight excluding hydrogens is 208 g/mol. The Labute approximate surface area is 108 Å². The van der Waals surface area contributed by atoms with E-state index in [1.807, 2.05) is 0 Å². The van der Waals surface area contributed by atoms with Crippen LogP contribution in [0.25, 0.3) is 0 Å². The van der Waals surface area contributed by atoms with Crippen molar-refractivity contribution in [2.24, 2.45) is 11.3 Å². The van der Waals surface area contributed by atoms with Gasteiger partial charge < -0.3 is 10.2 Å². The Balaban J connectivity index is 2.68. The van der Waals surface area contributed by atoms with Crippen molar-refractivity contribution in [1.82, 2.24) is 10.2 Å². The molecule has 0 radical (unpaired) electrons. The van der Waals surface area contributed by atoms with Crippen molar-refractivity contribution >= 4 is 0 Å². The van der Waals surface area contributed by atoms with Gasteiger partial charge in [-0.1, -0.05) is 27.7 Å². The van der Waals surface area contributed by atoms with Gasteiger partial charge in [-0.15, -0.1) is 0 Å². The number of hydrogen-bond acceptors (Lipinski definition) is 2. The molecule has 17 heavy (non-hydrogen) atoms. The number of nitrogens with zero attached hydrogens (tertiary/aromatic N) is 1. The van der Waals surface area contributed by atoms with Crippen molar-refractivity contribution < 1.29 is 0 Å². The van der Waals surface area contributed by atoms with E-state index in [2.05, 4.69) is 52.0 Å². The molecule has 1 aliphatic carbocycles. The lowest BCUT2D eigenvalue weighted by Crippen LogP contribution is -2.52. The van der Waals surface area contributed by atoms with Crippen molar-refractivity contribution in [3.8, 4) is 0 Å². The largest absolute Gasteiger partial charge is 0.315 e. The highest BCUT2D eigenvalue weighted by molar-refractivity contribution is 4.92. The molecule has 0 amide bonds. The summed E-state index contributed by atoms with van der Waals surface area (Å²) in [5, 5.41) is 3.52. The predicted molar refractivity (Wildman–Crippen MR) is 76.4 cm³/mol. The summed E-state index contributed by atoms with van der Waals surface area (Å²) in [5.41, 5.74) is 0.462. The van der Waals surface area contributed by atoms with Gasteiger partial charge in [-0.25, -0.2) is 0 Å². The van der Waals surface area contributed by atoms with Gasteiger partial charge in [0.15, 0.2) is 0 Å². The summed E-state index contributed by atoms with van der Waals surface area (Å²) in [6.07, 6.45) is 5.32. The van der Waals surface area contributed by atoms with Gasteiger partial charge in [0.05, 0.1) is 0 Å². The van der Waals surface area contributed by atoms with Crippen LogP contribution in [0.5, 0.6) is 0 Å². The quantitative estimate of drug-likeness (QED) is 0.812. The van der Waals surface area contributed by atoms with Crippen molar-refractivity contribution in [2.75, 3.05) is 20.6 Å². The van der Waals surface area contributed by atoms with Crippen LogP contribution in [0.2, 0.25) is 0 Å². The van der Waals surface area contributed by atoms with Gasteiger partial charge in [-0.2, -0.15) is 0 Å². The lowest BCUT2D eigenvalue weighted by atomic mass is 9.69. The van der Waals surface area contributed by atoms with Gasteiger partial charge in [-0.3, -0.25) is 0 Å². The minimum absolute atomic E-state index is 0.462. The Morgan fingerprint density at radius 2 is 1.88 bits per heavy atom. The third-order valence-electron chi connectivity index (χ3n) is 4.55. The van der Waals surface area contributed by atoms with Gasteiger partial charge in [0, 0.05) is 12.1 Å². The lowest BCUT2D eigenvalue weighted by Gasteiger charge is -2.45. The fraction of sp³-hybridized carbons (Fsp3) is 1.00. The standard InChI is InChI=1S/C15H32N2/c1-7-10-17(6)14-11-12(15(2,3)4)8-9-13(14)16-5/h12-14,16H,7-11H2,1-6H3. The van der Waals surface area contributed by atoms with Crippen LogP contribution in [0.1, 0.15) is 53.4 Å². The molecule has 1 fully saturated rings. The first kappa shape index (κ1) is 15.0. The molecule has 1 rings (SSSR count). The highest BCUT2D eigenvalue weighted by Crippen LogP contribution is 2.39. The van der Waals surface area contributed by atoms with Crippen LogP contribution in [-0.2, 0) is 0 Å². The molecule has 0 aromatic carbocycles. The minimum atomic E-state index is 0.462. The molecule has 0 heterocycles. The second-order valence-electron chi connectivity index (χ2n) is 6.82. The van der Waals surface area contributed by atoms with Gasteiger partial charge >= 0.3 is 0 Å². The normalized spacial score (nSPS) is 30.9. The Morgan fingerprint density at radius 1 is 1.24 bits per heavy atom. The van der Waals surface area contributed by atoms with Crippen LogP contribution >= 0.6 is 0 Å². The number of nitrogens with one attached hydrogen (secondary N) is 1. The molecule has 1 saturated carbocycles. The summed E-state index contributed by atoms with van der Waals surface area (Å²) in [4.78, 5) is 2.57. The zero-order valence-electron chi connectivity index (χ0n) is 12.7. The molecule has 0 saturated heterocycles. The van der Waals surface area contributed by atoms with E-state index < -0.39 is 0 Å². The minimum Gasteiger partial charge on any atom is -0.315 e. The van der Waals surface area contributed by atoms with E-state index in [0.29, 0.717) is 11.5 Å². The van der Waals surface area contributed by atoms with E-state index in [1.165, 1.54) is 32.2 Å². The Kier molecular flexibility index (Phi) is 5.46. The number of likely N-dealkylation sites (N-methyl/N-ethyl adjacent to an activating group) is 2. The summed E-state index contributed by atoms with van der Waals surface area (Å²) < 4.78 is 0. The number of rotatable bonds is 4. The summed E-state index contributed by atoms with van der Waals surface area (Å²) in [6, 6.07) is 1.41. The van der Waals surface area contributed by atoms with Crippen LogP contribution in [0.3, 0.4) is 0 Å². The third-order valence-corrected chi connectivity index (χ3v) is 4.55. The van der Waals surface area contributed by atoms with Gasteiger partial charge in [-0.05, 0) is 57.7 Å². The molecule has 2 nitrogen and oxygen atoms in total. The third kappa shape index (κ3) is 3.96. The first-order chi connectivity index (χ1) is 7.90. The molecule has 0 aliphatic heterocycles. The van der Waals surface area contributed by atoms with Gasteiger partial charge in [0.2, 0.25) is 0 Å². The zero-order valence-corrected chi connectivity index (χ0v) is 12.7. The van der Waals surface area contributed by atoms with Crippen molar-refractivity contribution in [3.63, 3.8) is 0 Å². The van der Waals surface area contributed by atoms with E-state index in [9.17, 15) is 0 Å². The molecule has 0 bridgehead atoms. The van der Waals surface area contributed by atoms with Crippen LogP contribution in [0.4, 0.5) is 0 Å². The average molecular weight is 240 g/mol. The lowest BCUT2D eigenvalue weighted by molar-refractivity contribution is 0.0749. The molecule has 0 aromatic heterocycles. The Bertz CT molecular complexity index is 219. The molecule has 0 spiro atoms. The second kappa shape index (κ2) is 6.19. The summed E-state index contributed by atoms with van der Waals surface area (Å²) in [6.45, 7) is 10.7. The highest BCUT2D eigenvalue weighted by Gasteiger charge is 2.36. The van der Waals surface area contributed by atoms with Crippen LogP contribution in [0.15, 0.2) is 0 Å². The maximum Gasteiger partial charge on any atom is 0.0249 e. The molecule has 1 N–H and O–H groups in total. The van der Waals surface area contributed by atoms with Crippen molar-refractivity contribution in [3.05, 3.63) is 0 Å². The second-order valence-corrected chi connectivity index (χ2v) is 6.82. The Morgan fingerprint density at radius 3 is 2.35 bits per heavy atom. The fourth-order valence-electron chi connectivity index (χ4n) is 3.28. The van der Waals surface area contributed by atoms with Crippen molar-refractivity contribution in [2.45, 2.75) is 65.5 Å². The molecule has 102 valence electrons. The molecular formula is C15H32N2. The predicted octanol–water partition coefficient (Wildman–Crippen LogP) is 3.13. The van der Waals surface area contributed by atoms with Crippen LogP contribution in [0, 0.1) is 11.3 Å². The first-order valence-electron chi connectivity index (χ1n) is 7.27. The number of hydrogen-bond donors (Lipinski definition) is 1. The van der Waals surface area contributed by atoms with E-state index in [1.54, 1.807) is 0 Å². The fourth-order valence-corrected chi connectivity index (χ4v) is 3.28. The average Bonchev–Trinajstić information content (AvgIpc) is 2.27. The highest BCUT2D eigenvalue weighted by atomic mass is 15.2. The van der Waals surface area contributed by atoms with E-state index in [0.717, 1.165) is 12.0 Å². The smallest absolute Gasteiger partial charge is 0.0249 e. The first-order valence-corrected chi connectivity index (χ1v) is 7.27. The summed E-state index contributed by atoms with van der Waals surface area (Å²) in [5.74, 6) is 0.872. The monoisotopic (exact) mass is 240 g/mol. The maximum absolute atomic E-state index is 3.52.